The van der Waals surface area contributed by atoms with Gasteiger partial charge in [-0.25, -0.2) is 0 Å². The number of hydrogen-bond donors (Lipinski definition) is 1. The molecule has 4 heteroatoms. The topological polar surface area (TPSA) is 21.3 Å². The molecule has 1 aromatic rings. The Morgan fingerprint density at radius 2 is 2.41 bits per heavy atom. The second-order valence-electron chi connectivity index (χ2n) is 4.24. The molecule has 0 amide bonds. The van der Waals surface area contributed by atoms with Crippen LogP contribution in [0.1, 0.15) is 6.42 Å². The van der Waals surface area contributed by atoms with Gasteiger partial charge in [-0.05, 0) is 48.6 Å². The number of rotatable bonds is 6. The molecule has 17 heavy (non-hydrogen) atoms. The summed E-state index contributed by atoms with van der Waals surface area (Å²) in [5.74, 6) is 4.45. The van der Waals surface area contributed by atoms with Gasteiger partial charge in [-0.1, -0.05) is 22.0 Å². The lowest BCUT2D eigenvalue weighted by Gasteiger charge is -2.10. The van der Waals surface area contributed by atoms with Crippen molar-refractivity contribution in [3.05, 3.63) is 28.7 Å². The van der Waals surface area contributed by atoms with Gasteiger partial charge < -0.3 is 10.1 Å². The number of thioether (sulfide) groups is 1. The van der Waals surface area contributed by atoms with Gasteiger partial charge in [0.05, 0.1) is 0 Å². The first-order valence-corrected chi connectivity index (χ1v) is 7.96. The van der Waals surface area contributed by atoms with Crippen LogP contribution in [0.4, 0.5) is 0 Å². The largest absolute Gasteiger partial charge is 0.492 e. The van der Waals surface area contributed by atoms with E-state index in [1.165, 1.54) is 17.9 Å². The highest BCUT2D eigenvalue weighted by molar-refractivity contribution is 9.10. The molecule has 0 spiro atoms. The Morgan fingerprint density at radius 1 is 1.47 bits per heavy atom. The zero-order chi connectivity index (χ0) is 11.9. The van der Waals surface area contributed by atoms with Gasteiger partial charge in [-0.2, -0.15) is 11.8 Å². The molecule has 2 nitrogen and oxygen atoms in total. The lowest BCUT2D eigenvalue weighted by atomic mass is 10.1. The van der Waals surface area contributed by atoms with E-state index in [-0.39, 0.29) is 0 Å². The van der Waals surface area contributed by atoms with Crippen molar-refractivity contribution in [2.24, 2.45) is 5.92 Å². The number of nitrogens with one attached hydrogen (secondary N) is 1. The molecule has 1 saturated heterocycles. The van der Waals surface area contributed by atoms with E-state index in [0.717, 1.165) is 35.8 Å². The van der Waals surface area contributed by atoms with Gasteiger partial charge in [0.15, 0.2) is 0 Å². The van der Waals surface area contributed by atoms with E-state index in [1.807, 2.05) is 24.3 Å². The zero-order valence-electron chi connectivity index (χ0n) is 9.82. The van der Waals surface area contributed by atoms with E-state index < -0.39 is 0 Å². The average molecular weight is 316 g/mol. The molecule has 0 bridgehead atoms. The van der Waals surface area contributed by atoms with Crippen molar-refractivity contribution >= 4 is 27.7 Å². The molecule has 0 radical (unpaired) electrons. The van der Waals surface area contributed by atoms with E-state index in [2.05, 4.69) is 33.0 Å². The third-order valence-electron chi connectivity index (χ3n) is 2.80. The molecule has 1 aromatic carbocycles. The van der Waals surface area contributed by atoms with Crippen LogP contribution in [0.3, 0.4) is 0 Å². The van der Waals surface area contributed by atoms with E-state index in [9.17, 15) is 0 Å². The fourth-order valence-electron chi connectivity index (χ4n) is 1.85. The number of benzene rings is 1. The first kappa shape index (κ1) is 13.2. The summed E-state index contributed by atoms with van der Waals surface area (Å²) in [5.41, 5.74) is 0. The first-order chi connectivity index (χ1) is 8.34. The van der Waals surface area contributed by atoms with Gasteiger partial charge in [0.25, 0.3) is 0 Å². The van der Waals surface area contributed by atoms with Gasteiger partial charge >= 0.3 is 0 Å². The Hall–Kier alpha value is -0.190. The van der Waals surface area contributed by atoms with Crippen molar-refractivity contribution in [1.82, 2.24) is 5.32 Å². The molecule has 1 aliphatic rings. The molecule has 1 fully saturated rings. The van der Waals surface area contributed by atoms with Crippen LogP contribution in [-0.4, -0.2) is 31.2 Å². The highest BCUT2D eigenvalue weighted by Gasteiger charge is 2.14. The third kappa shape index (κ3) is 4.90. The Labute approximate surface area is 116 Å². The third-order valence-corrected chi connectivity index (χ3v) is 4.53. The molecule has 2 rings (SSSR count). The molecule has 0 aliphatic carbocycles. The average Bonchev–Trinajstić information content (AvgIpc) is 2.82. The molecule has 1 N–H and O–H groups in total. The monoisotopic (exact) mass is 315 g/mol. The zero-order valence-corrected chi connectivity index (χ0v) is 12.2. The highest BCUT2D eigenvalue weighted by Crippen LogP contribution is 2.22. The van der Waals surface area contributed by atoms with Crippen molar-refractivity contribution in [1.29, 1.82) is 0 Å². The molecular formula is C13H18BrNOS. The molecule has 1 heterocycles. The van der Waals surface area contributed by atoms with Crippen LogP contribution in [-0.2, 0) is 0 Å². The van der Waals surface area contributed by atoms with Crippen molar-refractivity contribution < 1.29 is 4.74 Å². The van der Waals surface area contributed by atoms with Crippen LogP contribution < -0.4 is 10.1 Å². The maximum atomic E-state index is 5.65. The van der Waals surface area contributed by atoms with Crippen LogP contribution in [0, 0.1) is 5.92 Å². The van der Waals surface area contributed by atoms with Crippen LogP contribution in [0.15, 0.2) is 28.7 Å². The van der Waals surface area contributed by atoms with Gasteiger partial charge in [0.2, 0.25) is 0 Å². The molecular weight excluding hydrogens is 298 g/mol. The SMILES string of the molecule is Brc1cccc(OCCNCC2CCSC2)c1. The molecule has 94 valence electrons. The summed E-state index contributed by atoms with van der Waals surface area (Å²) in [7, 11) is 0. The molecule has 1 unspecified atom stereocenters. The molecule has 1 atom stereocenters. The number of hydrogen-bond acceptors (Lipinski definition) is 3. The summed E-state index contributed by atoms with van der Waals surface area (Å²) in [4.78, 5) is 0. The van der Waals surface area contributed by atoms with Crippen molar-refractivity contribution in [3.8, 4) is 5.75 Å². The summed E-state index contributed by atoms with van der Waals surface area (Å²) in [5, 5.41) is 3.46. The highest BCUT2D eigenvalue weighted by atomic mass is 79.9. The lowest BCUT2D eigenvalue weighted by molar-refractivity contribution is 0.310. The van der Waals surface area contributed by atoms with E-state index in [4.69, 9.17) is 4.74 Å². The van der Waals surface area contributed by atoms with Gasteiger partial charge in [0, 0.05) is 11.0 Å². The maximum Gasteiger partial charge on any atom is 0.120 e. The summed E-state index contributed by atoms with van der Waals surface area (Å²) in [6.45, 7) is 2.79. The minimum absolute atomic E-state index is 0.732. The summed E-state index contributed by atoms with van der Waals surface area (Å²) in [6.07, 6.45) is 1.37. The first-order valence-electron chi connectivity index (χ1n) is 6.01. The van der Waals surface area contributed by atoms with E-state index in [0.29, 0.717) is 0 Å². The van der Waals surface area contributed by atoms with Gasteiger partial charge in [0.1, 0.15) is 12.4 Å². The molecule has 0 saturated carbocycles. The predicted octanol–water partition coefficient (Wildman–Crippen LogP) is 3.17. The van der Waals surface area contributed by atoms with Crippen LogP contribution in [0.25, 0.3) is 0 Å². The Morgan fingerprint density at radius 3 is 3.18 bits per heavy atom. The molecule has 0 aromatic heterocycles. The summed E-state index contributed by atoms with van der Waals surface area (Å²) in [6, 6.07) is 7.97. The second-order valence-corrected chi connectivity index (χ2v) is 6.31. The van der Waals surface area contributed by atoms with Gasteiger partial charge in [-0.15, -0.1) is 0 Å². The standard InChI is InChI=1S/C13H18BrNOS/c14-12-2-1-3-13(8-12)16-6-5-15-9-11-4-7-17-10-11/h1-3,8,11,15H,4-7,9-10H2. The number of halogens is 1. The summed E-state index contributed by atoms with van der Waals surface area (Å²) >= 11 is 5.50. The van der Waals surface area contributed by atoms with E-state index >= 15 is 0 Å². The maximum absolute atomic E-state index is 5.65. The van der Waals surface area contributed by atoms with Crippen molar-refractivity contribution in [2.45, 2.75) is 6.42 Å². The Bertz CT molecular complexity index is 342. The van der Waals surface area contributed by atoms with Crippen LogP contribution >= 0.6 is 27.7 Å². The van der Waals surface area contributed by atoms with Crippen molar-refractivity contribution in [3.63, 3.8) is 0 Å². The Balaban J connectivity index is 1.56. The predicted molar refractivity (Wildman–Crippen MR) is 77.9 cm³/mol. The lowest BCUT2D eigenvalue weighted by Crippen LogP contribution is -2.27. The number of ether oxygens (including phenoxy) is 1. The minimum Gasteiger partial charge on any atom is -0.492 e. The van der Waals surface area contributed by atoms with Crippen molar-refractivity contribution in [2.75, 3.05) is 31.2 Å². The Kier molecular flexibility index (Phi) is 5.68. The summed E-state index contributed by atoms with van der Waals surface area (Å²) < 4.78 is 6.71. The molecule has 1 aliphatic heterocycles. The quantitative estimate of drug-likeness (QED) is 0.815. The second kappa shape index (κ2) is 7.29. The van der Waals surface area contributed by atoms with Gasteiger partial charge in [-0.3, -0.25) is 0 Å². The van der Waals surface area contributed by atoms with Crippen LogP contribution in [0.5, 0.6) is 5.75 Å². The normalized spacial score (nSPS) is 19.5. The fourth-order valence-corrected chi connectivity index (χ4v) is 3.51. The fraction of sp³-hybridized carbons (Fsp3) is 0.538. The van der Waals surface area contributed by atoms with Crippen LogP contribution in [0.2, 0.25) is 0 Å². The van der Waals surface area contributed by atoms with E-state index in [1.54, 1.807) is 0 Å². The smallest absolute Gasteiger partial charge is 0.120 e. The minimum atomic E-state index is 0.732.